The predicted molar refractivity (Wildman–Crippen MR) is 75.5 cm³/mol. The maximum atomic E-state index is 10.1. The van der Waals surface area contributed by atoms with Gasteiger partial charge < -0.3 is 10.4 Å². The second-order valence-electron chi connectivity index (χ2n) is 5.76. The summed E-state index contributed by atoms with van der Waals surface area (Å²) >= 11 is 1.98. The van der Waals surface area contributed by atoms with Crippen LogP contribution in [0.5, 0.6) is 0 Å². The van der Waals surface area contributed by atoms with Gasteiger partial charge in [0, 0.05) is 17.8 Å². The first-order valence-electron chi connectivity index (χ1n) is 7.24. The lowest BCUT2D eigenvalue weighted by Crippen LogP contribution is -2.39. The fourth-order valence-corrected chi connectivity index (χ4v) is 4.41. The molecule has 2 saturated carbocycles. The Bertz CT molecular complexity index is 218. The molecule has 0 radical (unpaired) electrons. The summed E-state index contributed by atoms with van der Waals surface area (Å²) in [6, 6.07) is 0.642. The average molecular weight is 257 g/mol. The van der Waals surface area contributed by atoms with E-state index in [0.717, 1.165) is 24.1 Å². The number of aliphatic hydroxyl groups excluding tert-OH is 1. The quantitative estimate of drug-likeness (QED) is 0.767. The predicted octanol–water partition coefficient (Wildman–Crippen LogP) is 2.80. The summed E-state index contributed by atoms with van der Waals surface area (Å²) in [6.07, 6.45) is 12.5. The third-order valence-corrected chi connectivity index (χ3v) is 5.62. The molecule has 0 bridgehead atoms. The van der Waals surface area contributed by atoms with E-state index in [9.17, 15) is 5.11 Å². The smallest absolute Gasteiger partial charge is 0.0667 e. The Morgan fingerprint density at radius 1 is 1.18 bits per heavy atom. The molecule has 2 N–H and O–H groups in total. The minimum Gasteiger partial charge on any atom is -0.392 e. The van der Waals surface area contributed by atoms with Crippen molar-refractivity contribution in [3.63, 3.8) is 0 Å². The number of aliphatic hydroxyl groups is 1. The van der Waals surface area contributed by atoms with Crippen LogP contribution in [0.1, 0.15) is 51.4 Å². The molecule has 2 fully saturated rings. The third-order valence-electron chi connectivity index (χ3n) is 4.45. The summed E-state index contributed by atoms with van der Waals surface area (Å²) < 4.78 is 0. The zero-order valence-corrected chi connectivity index (χ0v) is 11.8. The maximum absolute atomic E-state index is 10.1. The van der Waals surface area contributed by atoms with Gasteiger partial charge in [-0.05, 0) is 31.4 Å². The molecule has 0 heterocycles. The molecule has 0 aromatic carbocycles. The van der Waals surface area contributed by atoms with Gasteiger partial charge in [-0.15, -0.1) is 0 Å². The second kappa shape index (κ2) is 7.01. The minimum absolute atomic E-state index is 0.124. The lowest BCUT2D eigenvalue weighted by molar-refractivity contribution is 0.137. The molecule has 0 spiro atoms. The van der Waals surface area contributed by atoms with Crippen molar-refractivity contribution in [1.82, 2.24) is 5.32 Å². The van der Waals surface area contributed by atoms with Gasteiger partial charge in [-0.25, -0.2) is 0 Å². The summed E-state index contributed by atoms with van der Waals surface area (Å²) in [5.41, 5.74) is 0. The molecule has 3 heteroatoms. The van der Waals surface area contributed by atoms with Gasteiger partial charge in [-0.1, -0.05) is 32.1 Å². The van der Waals surface area contributed by atoms with Crippen molar-refractivity contribution in [3.8, 4) is 0 Å². The Balaban J connectivity index is 1.63. The van der Waals surface area contributed by atoms with Gasteiger partial charge in [0.2, 0.25) is 0 Å². The Labute approximate surface area is 110 Å². The van der Waals surface area contributed by atoms with Gasteiger partial charge >= 0.3 is 0 Å². The first-order chi connectivity index (χ1) is 8.29. The molecule has 0 amide bonds. The molecule has 17 heavy (non-hydrogen) atoms. The van der Waals surface area contributed by atoms with Gasteiger partial charge in [-0.2, -0.15) is 11.8 Å². The molecule has 3 atom stereocenters. The SMILES string of the molecule is CSC1CCCC1NCC(O)CC1CCCC1. The van der Waals surface area contributed by atoms with Crippen LogP contribution in [0.4, 0.5) is 0 Å². The highest BCUT2D eigenvalue weighted by Crippen LogP contribution is 2.30. The molecule has 100 valence electrons. The Hall–Kier alpha value is 0.270. The number of hydrogen-bond acceptors (Lipinski definition) is 3. The number of rotatable bonds is 6. The molecule has 0 aromatic rings. The number of nitrogens with one attached hydrogen (secondary N) is 1. The van der Waals surface area contributed by atoms with Crippen LogP contribution in [0.15, 0.2) is 0 Å². The Kier molecular flexibility index (Phi) is 5.64. The van der Waals surface area contributed by atoms with Crippen molar-refractivity contribution in [2.45, 2.75) is 68.8 Å². The van der Waals surface area contributed by atoms with Crippen LogP contribution < -0.4 is 5.32 Å². The van der Waals surface area contributed by atoms with E-state index in [1.807, 2.05) is 11.8 Å². The van der Waals surface area contributed by atoms with E-state index in [2.05, 4.69) is 11.6 Å². The molecule has 0 aromatic heterocycles. The highest BCUT2D eigenvalue weighted by Gasteiger charge is 2.27. The summed E-state index contributed by atoms with van der Waals surface area (Å²) in [7, 11) is 0. The molecular weight excluding hydrogens is 230 g/mol. The molecular formula is C14H27NOS. The van der Waals surface area contributed by atoms with Crippen molar-refractivity contribution in [1.29, 1.82) is 0 Å². The lowest BCUT2D eigenvalue weighted by Gasteiger charge is -2.22. The summed E-state index contributed by atoms with van der Waals surface area (Å²) in [4.78, 5) is 0. The Morgan fingerprint density at radius 3 is 2.65 bits per heavy atom. The average Bonchev–Trinajstić information content (AvgIpc) is 2.96. The van der Waals surface area contributed by atoms with Crippen LogP contribution in [-0.4, -0.2) is 35.3 Å². The summed E-state index contributed by atoms with van der Waals surface area (Å²) in [5.74, 6) is 0.798. The highest BCUT2D eigenvalue weighted by molar-refractivity contribution is 7.99. The zero-order chi connectivity index (χ0) is 12.1. The normalized spacial score (nSPS) is 32.1. The molecule has 0 saturated heterocycles. The van der Waals surface area contributed by atoms with Crippen LogP contribution in [0.25, 0.3) is 0 Å². The van der Waals surface area contributed by atoms with Gasteiger partial charge in [0.1, 0.15) is 0 Å². The molecule has 3 unspecified atom stereocenters. The largest absolute Gasteiger partial charge is 0.392 e. The molecule has 2 aliphatic carbocycles. The van der Waals surface area contributed by atoms with Gasteiger partial charge in [0.05, 0.1) is 6.10 Å². The number of thioether (sulfide) groups is 1. The monoisotopic (exact) mass is 257 g/mol. The first kappa shape index (κ1) is 13.7. The van der Waals surface area contributed by atoms with Crippen LogP contribution in [0.3, 0.4) is 0 Å². The van der Waals surface area contributed by atoms with Crippen molar-refractivity contribution in [2.24, 2.45) is 5.92 Å². The molecule has 0 aliphatic heterocycles. The fourth-order valence-electron chi connectivity index (χ4n) is 3.44. The van der Waals surface area contributed by atoms with E-state index < -0.39 is 0 Å². The van der Waals surface area contributed by atoms with E-state index in [4.69, 9.17) is 0 Å². The van der Waals surface area contributed by atoms with E-state index in [0.29, 0.717) is 6.04 Å². The van der Waals surface area contributed by atoms with Crippen molar-refractivity contribution >= 4 is 11.8 Å². The summed E-state index contributed by atoms with van der Waals surface area (Å²) in [5, 5.41) is 14.4. The van der Waals surface area contributed by atoms with Crippen LogP contribution in [0.2, 0.25) is 0 Å². The lowest BCUT2D eigenvalue weighted by atomic mass is 10.00. The van der Waals surface area contributed by atoms with Gasteiger partial charge in [0.25, 0.3) is 0 Å². The molecule has 2 nitrogen and oxygen atoms in total. The van der Waals surface area contributed by atoms with Gasteiger partial charge in [-0.3, -0.25) is 0 Å². The van der Waals surface area contributed by atoms with Crippen LogP contribution in [-0.2, 0) is 0 Å². The van der Waals surface area contributed by atoms with Crippen molar-refractivity contribution < 1.29 is 5.11 Å². The Morgan fingerprint density at radius 2 is 1.94 bits per heavy atom. The van der Waals surface area contributed by atoms with E-state index in [1.54, 1.807) is 0 Å². The molecule has 2 rings (SSSR count). The van der Waals surface area contributed by atoms with E-state index >= 15 is 0 Å². The maximum Gasteiger partial charge on any atom is 0.0667 e. The van der Waals surface area contributed by atoms with E-state index in [-0.39, 0.29) is 6.10 Å². The van der Waals surface area contributed by atoms with Crippen LogP contribution >= 0.6 is 11.8 Å². The third kappa shape index (κ3) is 4.15. The minimum atomic E-state index is -0.124. The van der Waals surface area contributed by atoms with Gasteiger partial charge in [0.15, 0.2) is 0 Å². The standard InChI is InChI=1S/C14H27NOS/c1-17-14-8-4-7-13(14)15-10-12(16)9-11-5-2-3-6-11/h11-16H,2-10H2,1H3. The van der Waals surface area contributed by atoms with E-state index in [1.165, 1.54) is 44.9 Å². The zero-order valence-electron chi connectivity index (χ0n) is 11.0. The number of hydrogen-bond donors (Lipinski definition) is 2. The van der Waals surface area contributed by atoms with Crippen LogP contribution in [0, 0.1) is 5.92 Å². The topological polar surface area (TPSA) is 32.3 Å². The fraction of sp³-hybridized carbons (Fsp3) is 1.00. The van der Waals surface area contributed by atoms with Crippen molar-refractivity contribution in [3.05, 3.63) is 0 Å². The molecule has 2 aliphatic rings. The first-order valence-corrected chi connectivity index (χ1v) is 8.52. The summed E-state index contributed by atoms with van der Waals surface area (Å²) in [6.45, 7) is 0.804. The second-order valence-corrected chi connectivity index (χ2v) is 6.84. The van der Waals surface area contributed by atoms with Crippen molar-refractivity contribution in [2.75, 3.05) is 12.8 Å². The highest BCUT2D eigenvalue weighted by atomic mass is 32.2.